The van der Waals surface area contributed by atoms with Gasteiger partial charge in [-0.1, -0.05) is 17.3 Å². The number of hydrogen-bond acceptors (Lipinski definition) is 6. The molecule has 0 unspecified atom stereocenters. The normalized spacial score (nSPS) is 19.3. The number of carbonyl (C=O) groups is 2. The van der Waals surface area contributed by atoms with Crippen molar-refractivity contribution < 1.29 is 23.6 Å². The van der Waals surface area contributed by atoms with Crippen LogP contribution in [0.5, 0.6) is 11.5 Å². The van der Waals surface area contributed by atoms with Gasteiger partial charge in [0.2, 0.25) is 11.8 Å². The van der Waals surface area contributed by atoms with Crippen molar-refractivity contribution in [3.8, 4) is 22.8 Å². The van der Waals surface area contributed by atoms with E-state index in [1.807, 2.05) is 43.3 Å². The first-order chi connectivity index (χ1) is 16.0. The van der Waals surface area contributed by atoms with Gasteiger partial charge in [0, 0.05) is 31.0 Å². The van der Waals surface area contributed by atoms with Crippen LogP contribution in [0, 0.1) is 5.92 Å². The molecule has 0 radical (unpaired) electrons. The standard InChI is InChI=1S/C25H25N3O5/c1-15-9-17-10-16(7-8-21(17)32-15)23-12-19(27-33-23)13-26-25(30)18-11-24(29)28(14-18)20-5-3-4-6-22(20)31-2/h3-8,10,12,15,18H,9,11,13-14H2,1-2H3,(H,26,30)/t15-,18-/m1/s1. The van der Waals surface area contributed by atoms with Crippen molar-refractivity contribution in [3.05, 3.63) is 59.8 Å². The molecule has 33 heavy (non-hydrogen) atoms. The molecular weight excluding hydrogens is 422 g/mol. The zero-order valence-corrected chi connectivity index (χ0v) is 18.5. The molecule has 0 saturated carbocycles. The molecule has 2 aromatic carbocycles. The number of ether oxygens (including phenoxy) is 2. The zero-order valence-electron chi connectivity index (χ0n) is 18.5. The van der Waals surface area contributed by atoms with Crippen LogP contribution in [0.15, 0.2) is 53.1 Å². The van der Waals surface area contributed by atoms with E-state index < -0.39 is 5.92 Å². The van der Waals surface area contributed by atoms with Gasteiger partial charge in [0.25, 0.3) is 0 Å². The molecule has 0 aliphatic carbocycles. The highest BCUT2D eigenvalue weighted by molar-refractivity contribution is 6.01. The molecule has 3 heterocycles. The van der Waals surface area contributed by atoms with Crippen molar-refractivity contribution in [2.75, 3.05) is 18.6 Å². The molecular formula is C25H25N3O5. The van der Waals surface area contributed by atoms with Gasteiger partial charge in [-0.25, -0.2) is 0 Å². The molecule has 2 amide bonds. The molecule has 8 nitrogen and oxygen atoms in total. The summed E-state index contributed by atoms with van der Waals surface area (Å²) in [4.78, 5) is 26.9. The summed E-state index contributed by atoms with van der Waals surface area (Å²) in [6, 6.07) is 15.1. The third kappa shape index (κ3) is 4.16. The zero-order chi connectivity index (χ0) is 22.9. The molecule has 2 aliphatic heterocycles. The van der Waals surface area contributed by atoms with Gasteiger partial charge in [0.05, 0.1) is 25.3 Å². The van der Waals surface area contributed by atoms with Crippen molar-refractivity contribution in [1.82, 2.24) is 10.5 Å². The second-order valence-corrected chi connectivity index (χ2v) is 8.43. The first-order valence-electron chi connectivity index (χ1n) is 11.0. The maximum absolute atomic E-state index is 12.7. The third-order valence-electron chi connectivity index (χ3n) is 6.06. The molecule has 1 aromatic heterocycles. The summed E-state index contributed by atoms with van der Waals surface area (Å²) in [6.45, 7) is 2.58. The van der Waals surface area contributed by atoms with Gasteiger partial charge >= 0.3 is 0 Å². The summed E-state index contributed by atoms with van der Waals surface area (Å²) in [7, 11) is 1.56. The maximum Gasteiger partial charge on any atom is 0.227 e. The van der Waals surface area contributed by atoms with E-state index in [0.29, 0.717) is 29.4 Å². The minimum absolute atomic E-state index is 0.0988. The highest BCUT2D eigenvalue weighted by Crippen LogP contribution is 2.34. The summed E-state index contributed by atoms with van der Waals surface area (Å²) in [5, 5.41) is 6.97. The van der Waals surface area contributed by atoms with Crippen molar-refractivity contribution >= 4 is 17.5 Å². The summed E-state index contributed by atoms with van der Waals surface area (Å²) in [5.74, 6) is 1.43. The van der Waals surface area contributed by atoms with Gasteiger partial charge in [-0.2, -0.15) is 0 Å². The quantitative estimate of drug-likeness (QED) is 0.623. The molecule has 0 bridgehead atoms. The molecule has 5 rings (SSSR count). The van der Waals surface area contributed by atoms with E-state index in [1.54, 1.807) is 18.1 Å². The van der Waals surface area contributed by atoms with Crippen molar-refractivity contribution in [2.24, 2.45) is 5.92 Å². The Bertz CT molecular complexity index is 1200. The molecule has 3 aromatic rings. The summed E-state index contributed by atoms with van der Waals surface area (Å²) in [6.07, 6.45) is 1.20. The van der Waals surface area contributed by atoms with Crippen LogP contribution in [0.25, 0.3) is 11.3 Å². The summed E-state index contributed by atoms with van der Waals surface area (Å²) < 4.78 is 16.6. The molecule has 8 heteroatoms. The average Bonchev–Trinajstić information content (AvgIpc) is 3.54. The number of para-hydroxylation sites is 2. The number of aromatic nitrogens is 1. The number of fused-ring (bicyclic) bond motifs is 1. The van der Waals surface area contributed by atoms with E-state index in [-0.39, 0.29) is 30.9 Å². The van der Waals surface area contributed by atoms with E-state index >= 15 is 0 Å². The van der Waals surface area contributed by atoms with Crippen molar-refractivity contribution in [1.29, 1.82) is 0 Å². The summed E-state index contributed by atoms with van der Waals surface area (Å²) in [5.41, 5.74) is 3.37. The lowest BCUT2D eigenvalue weighted by molar-refractivity contribution is -0.126. The van der Waals surface area contributed by atoms with Crippen LogP contribution in [0.4, 0.5) is 5.69 Å². The smallest absolute Gasteiger partial charge is 0.227 e. The van der Waals surface area contributed by atoms with E-state index in [0.717, 1.165) is 23.3 Å². The van der Waals surface area contributed by atoms with Gasteiger partial charge < -0.3 is 24.2 Å². The lowest BCUT2D eigenvalue weighted by Gasteiger charge is -2.19. The number of nitrogens with zero attached hydrogens (tertiary/aromatic N) is 2. The van der Waals surface area contributed by atoms with Crippen LogP contribution < -0.4 is 19.7 Å². The number of methoxy groups -OCH3 is 1. The Morgan fingerprint density at radius 3 is 2.91 bits per heavy atom. The van der Waals surface area contributed by atoms with Gasteiger partial charge in [-0.15, -0.1) is 0 Å². The van der Waals surface area contributed by atoms with Gasteiger partial charge in [0.1, 0.15) is 23.3 Å². The fourth-order valence-corrected chi connectivity index (χ4v) is 4.40. The second kappa shape index (κ2) is 8.61. The number of nitrogens with one attached hydrogen (secondary N) is 1. The monoisotopic (exact) mass is 447 g/mol. The summed E-state index contributed by atoms with van der Waals surface area (Å²) >= 11 is 0. The van der Waals surface area contributed by atoms with Crippen LogP contribution in [0.3, 0.4) is 0 Å². The van der Waals surface area contributed by atoms with E-state index in [4.69, 9.17) is 14.0 Å². The molecule has 2 aliphatic rings. The first kappa shape index (κ1) is 21.1. The van der Waals surface area contributed by atoms with Gasteiger partial charge in [-0.3, -0.25) is 9.59 Å². The Balaban J connectivity index is 1.21. The third-order valence-corrected chi connectivity index (χ3v) is 6.06. The van der Waals surface area contributed by atoms with Crippen LogP contribution in [-0.2, 0) is 22.6 Å². The second-order valence-electron chi connectivity index (χ2n) is 8.43. The van der Waals surface area contributed by atoms with Crippen LogP contribution in [0.2, 0.25) is 0 Å². The van der Waals surface area contributed by atoms with E-state index in [2.05, 4.69) is 16.5 Å². The SMILES string of the molecule is COc1ccccc1N1C[C@H](C(=O)NCc2cc(-c3ccc4c(c3)C[C@@H](C)O4)on2)CC1=O. The van der Waals surface area contributed by atoms with Crippen LogP contribution in [-0.4, -0.2) is 36.7 Å². The molecule has 2 atom stereocenters. The molecule has 1 fully saturated rings. The topological polar surface area (TPSA) is 93.9 Å². The number of rotatable bonds is 6. The largest absolute Gasteiger partial charge is 0.495 e. The minimum Gasteiger partial charge on any atom is -0.495 e. The van der Waals surface area contributed by atoms with Crippen LogP contribution in [0.1, 0.15) is 24.6 Å². The Morgan fingerprint density at radius 2 is 2.06 bits per heavy atom. The Kier molecular flexibility index (Phi) is 5.50. The number of benzene rings is 2. The van der Waals surface area contributed by atoms with E-state index in [9.17, 15) is 9.59 Å². The first-order valence-corrected chi connectivity index (χ1v) is 11.0. The number of amides is 2. The van der Waals surface area contributed by atoms with Crippen molar-refractivity contribution in [2.45, 2.75) is 32.4 Å². The highest BCUT2D eigenvalue weighted by atomic mass is 16.5. The maximum atomic E-state index is 12.7. The number of carbonyl (C=O) groups excluding carboxylic acids is 2. The fraction of sp³-hybridized carbons (Fsp3) is 0.320. The Labute approximate surface area is 191 Å². The fourth-order valence-electron chi connectivity index (χ4n) is 4.40. The Morgan fingerprint density at radius 1 is 1.21 bits per heavy atom. The number of anilines is 1. The number of hydrogen-bond donors (Lipinski definition) is 1. The lowest BCUT2D eigenvalue weighted by atomic mass is 10.1. The van der Waals surface area contributed by atoms with Gasteiger partial charge in [-0.05, 0) is 42.8 Å². The Hall–Kier alpha value is -3.81. The average molecular weight is 447 g/mol. The van der Waals surface area contributed by atoms with Crippen LogP contribution >= 0.6 is 0 Å². The van der Waals surface area contributed by atoms with Crippen molar-refractivity contribution in [3.63, 3.8) is 0 Å². The molecule has 1 saturated heterocycles. The predicted molar refractivity (Wildman–Crippen MR) is 121 cm³/mol. The lowest BCUT2D eigenvalue weighted by Crippen LogP contribution is -2.32. The molecule has 170 valence electrons. The van der Waals surface area contributed by atoms with Gasteiger partial charge in [0.15, 0.2) is 5.76 Å². The van der Waals surface area contributed by atoms with E-state index in [1.165, 1.54) is 0 Å². The highest BCUT2D eigenvalue weighted by Gasteiger charge is 2.36. The predicted octanol–water partition coefficient (Wildman–Crippen LogP) is 3.34. The minimum atomic E-state index is -0.438. The molecule has 1 N–H and O–H groups in total. The molecule has 0 spiro atoms.